The van der Waals surface area contributed by atoms with Crippen molar-refractivity contribution in [2.45, 2.75) is 30.6 Å². The Labute approximate surface area is 83.5 Å². The topological polar surface area (TPSA) is 86.5 Å². The Kier molecular flexibility index (Phi) is 3.49. The molecular weight excluding hydrogens is 206 g/mol. The molecule has 14 heavy (non-hydrogen) atoms. The molecule has 5 nitrogen and oxygen atoms in total. The third-order valence-electron chi connectivity index (χ3n) is 2.48. The molecule has 0 bridgehead atoms. The lowest BCUT2D eigenvalue weighted by atomic mass is 10.3. The normalized spacial score (nSPS) is 27.6. The van der Waals surface area contributed by atoms with Gasteiger partial charge in [-0.25, -0.2) is 8.42 Å². The first-order valence-electron chi connectivity index (χ1n) is 4.49. The van der Waals surface area contributed by atoms with Crippen molar-refractivity contribution in [3.8, 4) is 0 Å². The molecule has 0 spiro atoms. The first-order valence-corrected chi connectivity index (χ1v) is 6.21. The highest BCUT2D eigenvalue weighted by Crippen LogP contribution is 2.24. The van der Waals surface area contributed by atoms with Crippen LogP contribution in [-0.2, 0) is 19.4 Å². The van der Waals surface area contributed by atoms with Crippen molar-refractivity contribution in [3.05, 3.63) is 0 Å². The molecule has 1 fully saturated rings. The SMILES string of the molecule is COC(=O)CS(=O)(=O)C1CCC(N)C1. The molecule has 1 aliphatic carbocycles. The Morgan fingerprint density at radius 3 is 2.57 bits per heavy atom. The van der Waals surface area contributed by atoms with Gasteiger partial charge >= 0.3 is 5.97 Å². The summed E-state index contributed by atoms with van der Waals surface area (Å²) < 4.78 is 27.5. The number of sulfone groups is 1. The molecule has 0 aliphatic heterocycles. The van der Waals surface area contributed by atoms with Gasteiger partial charge in [0.25, 0.3) is 0 Å². The third kappa shape index (κ3) is 2.68. The zero-order chi connectivity index (χ0) is 10.8. The summed E-state index contributed by atoms with van der Waals surface area (Å²) in [4.78, 5) is 10.8. The number of nitrogens with two attached hydrogens (primary N) is 1. The molecule has 2 atom stereocenters. The smallest absolute Gasteiger partial charge is 0.320 e. The standard InChI is InChI=1S/C8H15NO4S/c1-13-8(10)5-14(11,12)7-3-2-6(9)4-7/h6-7H,2-5,9H2,1H3. The summed E-state index contributed by atoms with van der Waals surface area (Å²) in [5.74, 6) is -1.23. The summed E-state index contributed by atoms with van der Waals surface area (Å²) in [5.41, 5.74) is 5.60. The van der Waals surface area contributed by atoms with Crippen molar-refractivity contribution < 1.29 is 17.9 Å². The Morgan fingerprint density at radius 2 is 2.14 bits per heavy atom. The average molecular weight is 221 g/mol. The minimum Gasteiger partial charge on any atom is -0.468 e. The Balaban J connectivity index is 2.62. The van der Waals surface area contributed by atoms with Crippen LogP contribution in [0.5, 0.6) is 0 Å². The molecule has 0 heterocycles. The molecular formula is C8H15NO4S. The predicted octanol–water partition coefficient (Wildman–Crippen LogP) is -0.546. The number of esters is 1. The van der Waals surface area contributed by atoms with Gasteiger partial charge in [0.2, 0.25) is 0 Å². The van der Waals surface area contributed by atoms with Crippen LogP contribution < -0.4 is 5.73 Å². The van der Waals surface area contributed by atoms with Crippen LogP contribution in [0.1, 0.15) is 19.3 Å². The second-order valence-corrected chi connectivity index (χ2v) is 5.86. The fourth-order valence-corrected chi connectivity index (χ4v) is 3.36. The molecule has 0 aromatic carbocycles. The number of ether oxygens (including phenoxy) is 1. The third-order valence-corrected chi connectivity index (χ3v) is 4.56. The van der Waals surface area contributed by atoms with Crippen LogP contribution in [0, 0.1) is 0 Å². The van der Waals surface area contributed by atoms with Gasteiger partial charge in [-0.2, -0.15) is 0 Å². The lowest BCUT2D eigenvalue weighted by Crippen LogP contribution is -2.28. The van der Waals surface area contributed by atoms with Crippen LogP contribution in [0.15, 0.2) is 0 Å². The highest BCUT2D eigenvalue weighted by Gasteiger charge is 2.34. The van der Waals surface area contributed by atoms with E-state index in [1.807, 2.05) is 0 Å². The van der Waals surface area contributed by atoms with Gasteiger partial charge in [-0.1, -0.05) is 0 Å². The monoisotopic (exact) mass is 221 g/mol. The van der Waals surface area contributed by atoms with Gasteiger partial charge in [0.1, 0.15) is 5.75 Å². The van der Waals surface area contributed by atoms with E-state index in [0.717, 1.165) is 0 Å². The van der Waals surface area contributed by atoms with E-state index in [4.69, 9.17) is 5.73 Å². The van der Waals surface area contributed by atoms with Crippen LogP contribution >= 0.6 is 0 Å². The first kappa shape index (κ1) is 11.5. The molecule has 0 radical (unpaired) electrons. The molecule has 1 rings (SSSR count). The highest BCUT2D eigenvalue weighted by atomic mass is 32.2. The summed E-state index contributed by atoms with van der Waals surface area (Å²) >= 11 is 0. The Hall–Kier alpha value is -0.620. The maximum absolute atomic E-state index is 11.6. The van der Waals surface area contributed by atoms with Gasteiger partial charge in [0.05, 0.1) is 12.4 Å². The van der Waals surface area contributed by atoms with Crippen molar-refractivity contribution in [2.24, 2.45) is 5.73 Å². The number of carbonyl (C=O) groups excluding carboxylic acids is 1. The van der Waals surface area contributed by atoms with E-state index in [1.54, 1.807) is 0 Å². The van der Waals surface area contributed by atoms with Gasteiger partial charge < -0.3 is 10.5 Å². The number of hydrogen-bond donors (Lipinski definition) is 1. The van der Waals surface area contributed by atoms with Crippen molar-refractivity contribution in [1.82, 2.24) is 0 Å². The molecule has 82 valence electrons. The predicted molar refractivity (Wildman–Crippen MR) is 51.4 cm³/mol. The van der Waals surface area contributed by atoms with Crippen LogP contribution in [-0.4, -0.2) is 38.5 Å². The number of methoxy groups -OCH3 is 1. The van der Waals surface area contributed by atoms with E-state index in [1.165, 1.54) is 7.11 Å². The van der Waals surface area contributed by atoms with E-state index in [-0.39, 0.29) is 6.04 Å². The molecule has 0 aromatic heterocycles. The molecule has 0 amide bonds. The largest absolute Gasteiger partial charge is 0.468 e. The van der Waals surface area contributed by atoms with Gasteiger partial charge in [-0.3, -0.25) is 4.79 Å². The zero-order valence-corrected chi connectivity index (χ0v) is 8.92. The maximum atomic E-state index is 11.6. The number of rotatable bonds is 3. The molecule has 1 saturated carbocycles. The van der Waals surface area contributed by atoms with Gasteiger partial charge in [-0.15, -0.1) is 0 Å². The second-order valence-electron chi connectivity index (χ2n) is 3.58. The van der Waals surface area contributed by atoms with Gasteiger partial charge in [0.15, 0.2) is 9.84 Å². The average Bonchev–Trinajstić information content (AvgIpc) is 2.51. The van der Waals surface area contributed by atoms with Crippen LogP contribution in [0.4, 0.5) is 0 Å². The number of hydrogen-bond acceptors (Lipinski definition) is 5. The summed E-state index contributed by atoms with van der Waals surface area (Å²) in [7, 11) is -2.18. The quantitative estimate of drug-likeness (QED) is 0.646. The lowest BCUT2D eigenvalue weighted by Gasteiger charge is -2.09. The summed E-state index contributed by atoms with van der Waals surface area (Å²) in [6.07, 6.45) is 1.73. The molecule has 0 aromatic rings. The second kappa shape index (κ2) is 4.27. The van der Waals surface area contributed by atoms with Crippen LogP contribution in [0.3, 0.4) is 0 Å². The minimum absolute atomic E-state index is 0.0487. The van der Waals surface area contributed by atoms with Crippen LogP contribution in [0.2, 0.25) is 0 Å². The molecule has 6 heteroatoms. The Morgan fingerprint density at radius 1 is 1.50 bits per heavy atom. The van der Waals surface area contributed by atoms with E-state index in [9.17, 15) is 13.2 Å². The summed E-state index contributed by atoms with van der Waals surface area (Å²) in [6, 6.07) is -0.0487. The van der Waals surface area contributed by atoms with E-state index in [2.05, 4.69) is 4.74 Å². The van der Waals surface area contributed by atoms with Crippen molar-refractivity contribution in [1.29, 1.82) is 0 Å². The highest BCUT2D eigenvalue weighted by molar-refractivity contribution is 7.92. The fourth-order valence-electron chi connectivity index (χ4n) is 1.64. The zero-order valence-electron chi connectivity index (χ0n) is 8.10. The van der Waals surface area contributed by atoms with Gasteiger partial charge in [0, 0.05) is 6.04 Å². The minimum atomic E-state index is -3.36. The van der Waals surface area contributed by atoms with Gasteiger partial charge in [-0.05, 0) is 19.3 Å². The van der Waals surface area contributed by atoms with E-state index < -0.39 is 26.8 Å². The first-order chi connectivity index (χ1) is 6.45. The van der Waals surface area contributed by atoms with Crippen molar-refractivity contribution in [2.75, 3.05) is 12.9 Å². The molecule has 2 N–H and O–H groups in total. The van der Waals surface area contributed by atoms with E-state index >= 15 is 0 Å². The summed E-state index contributed by atoms with van der Waals surface area (Å²) in [5, 5.41) is -0.461. The molecule has 1 aliphatic rings. The fraction of sp³-hybridized carbons (Fsp3) is 0.875. The van der Waals surface area contributed by atoms with Crippen LogP contribution in [0.25, 0.3) is 0 Å². The Bertz CT molecular complexity index is 311. The molecule has 2 unspecified atom stereocenters. The number of carbonyl (C=O) groups is 1. The van der Waals surface area contributed by atoms with E-state index in [0.29, 0.717) is 19.3 Å². The summed E-state index contributed by atoms with van der Waals surface area (Å²) in [6.45, 7) is 0. The van der Waals surface area contributed by atoms with Crippen molar-refractivity contribution in [3.63, 3.8) is 0 Å². The lowest BCUT2D eigenvalue weighted by molar-refractivity contribution is -0.137. The van der Waals surface area contributed by atoms with Crippen molar-refractivity contribution >= 4 is 15.8 Å². The molecule has 0 saturated heterocycles. The maximum Gasteiger partial charge on any atom is 0.320 e.